The summed E-state index contributed by atoms with van der Waals surface area (Å²) in [5, 5.41) is 15.4. The summed E-state index contributed by atoms with van der Waals surface area (Å²) in [6, 6.07) is 5.07. The van der Waals surface area contributed by atoms with Crippen molar-refractivity contribution in [3.8, 4) is 11.5 Å². The fourth-order valence-corrected chi connectivity index (χ4v) is 4.18. The van der Waals surface area contributed by atoms with Crippen molar-refractivity contribution in [2.45, 2.75) is 18.2 Å². The summed E-state index contributed by atoms with van der Waals surface area (Å²) in [6.07, 6.45) is 1.52. The second kappa shape index (κ2) is 8.63. The van der Waals surface area contributed by atoms with E-state index >= 15 is 0 Å². The maximum absolute atomic E-state index is 13.0. The molecule has 30 heavy (non-hydrogen) atoms. The Morgan fingerprint density at radius 2 is 2.20 bits per heavy atom. The Hall–Kier alpha value is -3.25. The first-order chi connectivity index (χ1) is 14.5. The van der Waals surface area contributed by atoms with E-state index < -0.39 is 5.91 Å². The van der Waals surface area contributed by atoms with Gasteiger partial charge in [0.2, 0.25) is 5.13 Å². The van der Waals surface area contributed by atoms with Crippen LogP contribution < -0.4 is 5.32 Å². The number of nitrogens with one attached hydrogen (secondary N) is 1. The van der Waals surface area contributed by atoms with Crippen molar-refractivity contribution in [3.05, 3.63) is 35.7 Å². The Morgan fingerprint density at radius 1 is 1.33 bits per heavy atom. The molecule has 0 spiro atoms. The largest absolute Gasteiger partial charge is 0.465 e. The van der Waals surface area contributed by atoms with Crippen LogP contribution in [0.2, 0.25) is 0 Å². The number of furan rings is 1. The van der Waals surface area contributed by atoms with Crippen LogP contribution in [0.4, 0.5) is 5.13 Å². The van der Waals surface area contributed by atoms with E-state index in [1.54, 1.807) is 32.0 Å². The highest BCUT2D eigenvalue weighted by Crippen LogP contribution is 2.29. The zero-order valence-corrected chi connectivity index (χ0v) is 17.5. The Morgan fingerprint density at radius 3 is 2.97 bits per heavy atom. The molecular formula is C18H15N5O5S2. The van der Waals surface area contributed by atoms with E-state index in [1.165, 1.54) is 18.0 Å². The molecule has 12 heteroatoms. The number of esters is 1. The standard InChI is InChI=1S/C18H15N5O5S2/c1-3-26-13(24)8-29-18-22-21-17(30-18)20-15(25)10-7-11(12-5-4-6-27-12)19-16-14(10)9(2)23-28-16/h4-7H,3,8H2,1-2H3,(H,20,21,25). The zero-order chi connectivity index (χ0) is 21.1. The van der Waals surface area contributed by atoms with Gasteiger partial charge in [-0.15, -0.1) is 10.2 Å². The highest BCUT2D eigenvalue weighted by molar-refractivity contribution is 8.01. The first-order valence-electron chi connectivity index (χ1n) is 8.79. The van der Waals surface area contributed by atoms with Crippen LogP contribution in [-0.4, -0.2) is 44.6 Å². The Bertz CT molecular complexity index is 1200. The summed E-state index contributed by atoms with van der Waals surface area (Å²) >= 11 is 2.35. The molecule has 154 valence electrons. The van der Waals surface area contributed by atoms with Gasteiger partial charge in [0.05, 0.1) is 35.3 Å². The van der Waals surface area contributed by atoms with Crippen LogP contribution >= 0.6 is 23.1 Å². The Kier molecular flexibility index (Phi) is 5.77. The third-order valence-electron chi connectivity index (χ3n) is 3.88. The number of anilines is 1. The molecule has 4 aromatic heterocycles. The number of amides is 1. The molecular weight excluding hydrogens is 430 g/mol. The highest BCUT2D eigenvalue weighted by Gasteiger charge is 2.21. The maximum atomic E-state index is 13.0. The van der Waals surface area contributed by atoms with Crippen molar-refractivity contribution in [1.82, 2.24) is 20.3 Å². The van der Waals surface area contributed by atoms with E-state index in [0.29, 0.717) is 44.2 Å². The molecule has 0 saturated heterocycles. The third kappa shape index (κ3) is 4.19. The van der Waals surface area contributed by atoms with E-state index in [-0.39, 0.29) is 17.4 Å². The van der Waals surface area contributed by atoms with Gasteiger partial charge < -0.3 is 13.7 Å². The van der Waals surface area contributed by atoms with Gasteiger partial charge in [-0.3, -0.25) is 14.9 Å². The fraction of sp³-hybridized carbons (Fsp3) is 0.222. The van der Waals surface area contributed by atoms with Crippen molar-refractivity contribution in [2.75, 3.05) is 17.7 Å². The molecule has 0 saturated carbocycles. The number of thioether (sulfide) groups is 1. The molecule has 4 aromatic rings. The number of ether oxygens (including phenoxy) is 1. The zero-order valence-electron chi connectivity index (χ0n) is 15.9. The molecule has 4 rings (SSSR count). The Labute approximate surface area is 178 Å². The van der Waals surface area contributed by atoms with Gasteiger partial charge in [-0.2, -0.15) is 0 Å². The van der Waals surface area contributed by atoms with Gasteiger partial charge in [-0.1, -0.05) is 28.3 Å². The van der Waals surface area contributed by atoms with Crippen LogP contribution in [0.25, 0.3) is 22.6 Å². The summed E-state index contributed by atoms with van der Waals surface area (Å²) in [5.41, 5.74) is 1.53. The van der Waals surface area contributed by atoms with Gasteiger partial charge in [-0.25, -0.2) is 4.98 Å². The summed E-state index contributed by atoms with van der Waals surface area (Å²) in [5.74, 6) is -0.141. The van der Waals surface area contributed by atoms with Gasteiger partial charge >= 0.3 is 5.97 Å². The highest BCUT2D eigenvalue weighted by atomic mass is 32.2. The van der Waals surface area contributed by atoms with E-state index in [4.69, 9.17) is 13.7 Å². The second-order valence-electron chi connectivity index (χ2n) is 5.90. The summed E-state index contributed by atoms with van der Waals surface area (Å²) in [4.78, 5) is 28.8. The Balaban J connectivity index is 1.56. The number of aromatic nitrogens is 4. The molecule has 0 aliphatic carbocycles. The predicted octanol–water partition coefficient (Wildman–Crippen LogP) is 3.55. The van der Waals surface area contributed by atoms with Crippen molar-refractivity contribution >= 4 is 51.2 Å². The molecule has 0 radical (unpaired) electrons. The minimum atomic E-state index is -0.417. The number of aryl methyl sites for hydroxylation is 1. The van der Waals surface area contributed by atoms with Crippen molar-refractivity contribution in [3.63, 3.8) is 0 Å². The molecule has 1 N–H and O–H groups in total. The molecule has 0 aromatic carbocycles. The van der Waals surface area contributed by atoms with Gasteiger partial charge in [0.25, 0.3) is 11.6 Å². The molecule has 1 amide bonds. The minimum Gasteiger partial charge on any atom is -0.465 e. The topological polar surface area (TPSA) is 133 Å². The number of carbonyl (C=O) groups is 2. The average molecular weight is 445 g/mol. The molecule has 0 aliphatic rings. The molecule has 10 nitrogen and oxygen atoms in total. The normalized spacial score (nSPS) is 11.0. The monoisotopic (exact) mass is 445 g/mol. The molecule has 0 unspecified atom stereocenters. The van der Waals surface area contributed by atoms with Crippen molar-refractivity contribution < 1.29 is 23.3 Å². The number of hydrogen-bond donors (Lipinski definition) is 1. The van der Waals surface area contributed by atoms with Crippen LogP contribution in [0.3, 0.4) is 0 Å². The smallest absolute Gasteiger partial charge is 0.316 e. The second-order valence-corrected chi connectivity index (χ2v) is 8.10. The van der Waals surface area contributed by atoms with Crippen LogP contribution in [0, 0.1) is 6.92 Å². The number of hydrogen-bond acceptors (Lipinski definition) is 11. The lowest BCUT2D eigenvalue weighted by Gasteiger charge is -2.05. The van der Waals surface area contributed by atoms with Gasteiger partial charge in [0, 0.05) is 0 Å². The lowest BCUT2D eigenvalue weighted by molar-refractivity contribution is -0.139. The number of carbonyl (C=O) groups excluding carboxylic acids is 2. The average Bonchev–Trinajstić information content (AvgIpc) is 3.48. The first kappa shape index (κ1) is 20.0. The summed E-state index contributed by atoms with van der Waals surface area (Å²) in [6.45, 7) is 3.79. The third-order valence-corrected chi connectivity index (χ3v) is 5.83. The minimum absolute atomic E-state index is 0.119. The van der Waals surface area contributed by atoms with Crippen molar-refractivity contribution in [1.29, 1.82) is 0 Å². The quantitative estimate of drug-likeness (QED) is 0.256. The molecule has 0 atom stereocenters. The molecule has 0 aliphatic heterocycles. The summed E-state index contributed by atoms with van der Waals surface area (Å²) in [7, 11) is 0. The SMILES string of the molecule is CCOC(=O)CSc1nnc(NC(=O)c2cc(-c3ccco3)nc3onc(C)c23)s1. The van der Waals surface area contributed by atoms with Crippen molar-refractivity contribution in [2.24, 2.45) is 0 Å². The van der Waals surface area contributed by atoms with Crippen LogP contribution in [0.1, 0.15) is 23.0 Å². The number of nitrogens with zero attached hydrogens (tertiary/aromatic N) is 4. The van der Waals surface area contributed by atoms with Crippen LogP contribution in [0.15, 0.2) is 37.7 Å². The number of pyridine rings is 1. The lowest BCUT2D eigenvalue weighted by Crippen LogP contribution is -2.13. The predicted molar refractivity (Wildman–Crippen MR) is 109 cm³/mol. The van der Waals surface area contributed by atoms with E-state index in [0.717, 1.165) is 11.3 Å². The van der Waals surface area contributed by atoms with Crippen LogP contribution in [0.5, 0.6) is 0 Å². The number of fused-ring (bicyclic) bond motifs is 1. The number of rotatable bonds is 7. The first-order valence-corrected chi connectivity index (χ1v) is 10.6. The van der Waals surface area contributed by atoms with E-state index in [9.17, 15) is 9.59 Å². The molecule has 0 fully saturated rings. The van der Waals surface area contributed by atoms with Gasteiger partial charge in [0.1, 0.15) is 5.69 Å². The fourth-order valence-electron chi connectivity index (χ4n) is 2.63. The van der Waals surface area contributed by atoms with E-state index in [2.05, 4.69) is 25.7 Å². The molecule has 0 bridgehead atoms. The lowest BCUT2D eigenvalue weighted by atomic mass is 10.1. The summed E-state index contributed by atoms with van der Waals surface area (Å²) < 4.78 is 16.0. The van der Waals surface area contributed by atoms with Gasteiger partial charge in [0.15, 0.2) is 10.1 Å². The van der Waals surface area contributed by atoms with Gasteiger partial charge in [-0.05, 0) is 32.0 Å². The van der Waals surface area contributed by atoms with Crippen LogP contribution in [-0.2, 0) is 9.53 Å². The van der Waals surface area contributed by atoms with E-state index in [1.807, 2.05) is 0 Å². The maximum Gasteiger partial charge on any atom is 0.316 e. The molecule has 4 heterocycles.